The van der Waals surface area contributed by atoms with Gasteiger partial charge in [-0.05, 0) is 53.7 Å². The number of rotatable bonds is 6. The predicted octanol–water partition coefficient (Wildman–Crippen LogP) is 3.37. The van der Waals surface area contributed by atoms with Gasteiger partial charge in [0, 0.05) is 17.5 Å². The van der Waals surface area contributed by atoms with E-state index in [2.05, 4.69) is 33.8 Å². The molecule has 0 bridgehead atoms. The third kappa shape index (κ3) is 3.79. The monoisotopic (exact) mass is 317 g/mol. The summed E-state index contributed by atoms with van der Waals surface area (Å²) in [6.07, 6.45) is 2.49. The van der Waals surface area contributed by atoms with Crippen LogP contribution in [0.25, 0.3) is 0 Å². The smallest absolute Gasteiger partial charge is 0.317 e. The van der Waals surface area contributed by atoms with Crippen LogP contribution in [0.1, 0.15) is 30.7 Å². The first-order valence-corrected chi connectivity index (χ1v) is 7.38. The fraction of sp³-hybridized carbons (Fsp3) is 0.583. The summed E-state index contributed by atoms with van der Waals surface area (Å²) in [5, 5.41) is 8.97. The molecule has 0 radical (unpaired) electrons. The molecule has 0 aromatic carbocycles. The van der Waals surface area contributed by atoms with Gasteiger partial charge in [0.1, 0.15) is 0 Å². The van der Waals surface area contributed by atoms with Crippen molar-refractivity contribution in [2.75, 3.05) is 13.1 Å². The van der Waals surface area contributed by atoms with E-state index in [1.54, 1.807) is 11.3 Å². The third-order valence-corrected chi connectivity index (χ3v) is 4.88. The first kappa shape index (κ1) is 13.1. The van der Waals surface area contributed by atoms with Crippen molar-refractivity contribution in [1.29, 1.82) is 0 Å². The molecule has 0 amide bonds. The molecule has 1 unspecified atom stereocenters. The number of carboxylic acid groups (broad SMARTS) is 1. The Bertz CT molecular complexity index is 403. The molecule has 1 saturated carbocycles. The maximum atomic E-state index is 10.9. The van der Waals surface area contributed by atoms with E-state index in [4.69, 9.17) is 5.11 Å². The summed E-state index contributed by atoms with van der Waals surface area (Å²) in [7, 11) is 0. The largest absolute Gasteiger partial charge is 0.480 e. The summed E-state index contributed by atoms with van der Waals surface area (Å²) >= 11 is 5.13. The minimum Gasteiger partial charge on any atom is -0.480 e. The van der Waals surface area contributed by atoms with Gasteiger partial charge in [-0.3, -0.25) is 9.69 Å². The van der Waals surface area contributed by atoms with E-state index in [9.17, 15) is 4.79 Å². The molecule has 17 heavy (non-hydrogen) atoms. The Morgan fingerprint density at radius 1 is 1.65 bits per heavy atom. The summed E-state index contributed by atoms with van der Waals surface area (Å²) < 4.78 is 1.10. The molecule has 1 aliphatic carbocycles. The minimum absolute atomic E-state index is 0.132. The van der Waals surface area contributed by atoms with Crippen LogP contribution in [-0.2, 0) is 4.79 Å². The maximum Gasteiger partial charge on any atom is 0.317 e. The zero-order valence-corrected chi connectivity index (χ0v) is 12.1. The van der Waals surface area contributed by atoms with E-state index >= 15 is 0 Å². The lowest BCUT2D eigenvalue weighted by Gasteiger charge is -2.26. The molecule has 3 nitrogen and oxygen atoms in total. The summed E-state index contributed by atoms with van der Waals surface area (Å²) in [4.78, 5) is 14.2. The molecule has 1 fully saturated rings. The normalized spacial score (nSPS) is 17.4. The molecule has 1 heterocycles. The lowest BCUT2D eigenvalue weighted by Crippen LogP contribution is -2.33. The highest BCUT2D eigenvalue weighted by Crippen LogP contribution is 2.35. The molecule has 1 aliphatic rings. The molecular formula is C12H16BrNO2S. The molecule has 1 N–H and O–H groups in total. The van der Waals surface area contributed by atoms with Gasteiger partial charge in [0.15, 0.2) is 0 Å². The molecular weight excluding hydrogens is 302 g/mol. The highest BCUT2D eigenvalue weighted by Gasteiger charge is 2.28. The molecule has 1 atom stereocenters. The van der Waals surface area contributed by atoms with Crippen LogP contribution in [0.5, 0.6) is 0 Å². The van der Waals surface area contributed by atoms with Gasteiger partial charge in [-0.25, -0.2) is 0 Å². The van der Waals surface area contributed by atoms with Crippen molar-refractivity contribution in [2.24, 2.45) is 5.92 Å². The average molecular weight is 318 g/mol. The molecule has 0 saturated heterocycles. The van der Waals surface area contributed by atoms with E-state index in [0.717, 1.165) is 10.3 Å². The van der Waals surface area contributed by atoms with E-state index in [1.807, 2.05) is 6.07 Å². The quantitative estimate of drug-likeness (QED) is 0.874. The van der Waals surface area contributed by atoms with Gasteiger partial charge >= 0.3 is 5.97 Å². The van der Waals surface area contributed by atoms with E-state index in [-0.39, 0.29) is 12.6 Å². The van der Waals surface area contributed by atoms with Crippen LogP contribution in [0.2, 0.25) is 0 Å². The molecule has 0 aliphatic heterocycles. The summed E-state index contributed by atoms with van der Waals surface area (Å²) in [5.41, 5.74) is 0. The molecule has 5 heteroatoms. The van der Waals surface area contributed by atoms with Crippen LogP contribution >= 0.6 is 27.3 Å². The van der Waals surface area contributed by atoms with E-state index in [0.29, 0.717) is 5.92 Å². The van der Waals surface area contributed by atoms with Gasteiger partial charge < -0.3 is 5.11 Å². The Morgan fingerprint density at radius 2 is 2.35 bits per heavy atom. The van der Waals surface area contributed by atoms with Crippen LogP contribution < -0.4 is 0 Å². The topological polar surface area (TPSA) is 40.5 Å². The van der Waals surface area contributed by atoms with Crippen LogP contribution in [0.15, 0.2) is 15.9 Å². The number of carboxylic acids is 1. The Balaban J connectivity index is 2.04. The van der Waals surface area contributed by atoms with Crippen molar-refractivity contribution >= 4 is 33.2 Å². The lowest BCUT2D eigenvalue weighted by molar-refractivity contribution is -0.138. The molecule has 94 valence electrons. The van der Waals surface area contributed by atoms with Gasteiger partial charge in [-0.1, -0.05) is 0 Å². The second-order valence-electron chi connectivity index (χ2n) is 4.58. The summed E-state index contributed by atoms with van der Waals surface area (Å²) in [6, 6.07) is 4.27. The lowest BCUT2D eigenvalue weighted by atomic mass is 10.2. The number of thiophene rings is 1. The third-order valence-electron chi connectivity index (χ3n) is 3.08. The number of hydrogen-bond donors (Lipinski definition) is 1. The molecule has 2 rings (SSSR count). The van der Waals surface area contributed by atoms with E-state index in [1.165, 1.54) is 17.7 Å². The fourth-order valence-electron chi connectivity index (χ4n) is 1.90. The van der Waals surface area contributed by atoms with Gasteiger partial charge in [-0.2, -0.15) is 0 Å². The van der Waals surface area contributed by atoms with Crippen LogP contribution in [0.4, 0.5) is 0 Å². The number of nitrogens with zero attached hydrogens (tertiary/aromatic N) is 1. The van der Waals surface area contributed by atoms with Crippen LogP contribution in [-0.4, -0.2) is 29.1 Å². The van der Waals surface area contributed by atoms with Gasteiger partial charge in [0.05, 0.1) is 10.3 Å². The van der Waals surface area contributed by atoms with Crippen molar-refractivity contribution in [1.82, 2.24) is 4.90 Å². The summed E-state index contributed by atoms with van der Waals surface area (Å²) in [5.74, 6) is -0.0340. The Morgan fingerprint density at radius 3 is 2.82 bits per heavy atom. The number of carbonyl (C=O) groups is 1. The minimum atomic E-state index is -0.742. The van der Waals surface area contributed by atoms with E-state index < -0.39 is 5.97 Å². The van der Waals surface area contributed by atoms with Gasteiger partial charge in [0.25, 0.3) is 0 Å². The van der Waals surface area contributed by atoms with Crippen LogP contribution in [0.3, 0.4) is 0 Å². The average Bonchev–Trinajstić information content (AvgIpc) is 2.96. The Labute approximate surface area is 114 Å². The SMILES string of the molecule is CC(c1ccc(Br)s1)N(CC(=O)O)CC1CC1. The standard InChI is InChI=1S/C12H16BrNO2S/c1-8(10-4-5-11(13)17-10)14(7-12(15)16)6-9-2-3-9/h4-5,8-9H,2-3,6-7H2,1H3,(H,15,16). The second-order valence-corrected chi connectivity index (χ2v) is 7.08. The summed E-state index contributed by atoms with van der Waals surface area (Å²) in [6.45, 7) is 3.12. The molecule has 1 aromatic heterocycles. The number of halogens is 1. The van der Waals surface area contributed by atoms with Crippen molar-refractivity contribution < 1.29 is 9.90 Å². The van der Waals surface area contributed by atoms with Crippen molar-refractivity contribution in [3.63, 3.8) is 0 Å². The first-order valence-electron chi connectivity index (χ1n) is 5.77. The van der Waals surface area contributed by atoms with Crippen molar-refractivity contribution in [3.8, 4) is 0 Å². The number of aliphatic carboxylic acids is 1. The molecule has 1 aromatic rings. The Hall–Kier alpha value is -0.390. The highest BCUT2D eigenvalue weighted by atomic mass is 79.9. The first-order chi connectivity index (χ1) is 8.06. The van der Waals surface area contributed by atoms with Gasteiger partial charge in [0.2, 0.25) is 0 Å². The Kier molecular flexibility index (Phi) is 4.22. The van der Waals surface area contributed by atoms with Crippen molar-refractivity contribution in [3.05, 3.63) is 20.8 Å². The van der Waals surface area contributed by atoms with Gasteiger partial charge in [-0.15, -0.1) is 11.3 Å². The van der Waals surface area contributed by atoms with Crippen molar-refractivity contribution in [2.45, 2.75) is 25.8 Å². The van der Waals surface area contributed by atoms with Crippen LogP contribution in [0, 0.1) is 5.92 Å². The maximum absolute atomic E-state index is 10.9. The fourth-order valence-corrected chi connectivity index (χ4v) is 3.41. The second kappa shape index (κ2) is 5.50. The highest BCUT2D eigenvalue weighted by molar-refractivity contribution is 9.11. The number of hydrogen-bond acceptors (Lipinski definition) is 3. The zero-order chi connectivity index (χ0) is 12.4. The molecule has 0 spiro atoms. The predicted molar refractivity (Wildman–Crippen MR) is 72.4 cm³/mol. The zero-order valence-electron chi connectivity index (χ0n) is 9.73.